The summed E-state index contributed by atoms with van der Waals surface area (Å²) in [6, 6.07) is 11.3. The Kier molecular flexibility index (Phi) is 8.08. The molecule has 1 aromatic carbocycles. The van der Waals surface area contributed by atoms with Crippen LogP contribution in [0, 0.1) is 5.95 Å². The predicted molar refractivity (Wildman–Crippen MR) is 129 cm³/mol. The number of benzene rings is 1. The highest BCUT2D eigenvalue weighted by atomic mass is 19.1. The van der Waals surface area contributed by atoms with Crippen LogP contribution >= 0.6 is 0 Å². The second kappa shape index (κ2) is 11.4. The van der Waals surface area contributed by atoms with Gasteiger partial charge in [0.15, 0.2) is 5.75 Å². The standard InChI is InChI=1S/C23H24FN7O3/c1-26-11-10-16(25)14-6-4-7-17(22(14)33-2)28-18-12-21(27-13-15(18)23(32)31-34-3)30-20-9-5-8-19(24)29-20/h4-13H,25H2,1-3H3,(H,31,32)(H2,27,28,29,30). The summed E-state index contributed by atoms with van der Waals surface area (Å²) in [6.45, 7) is 0. The van der Waals surface area contributed by atoms with Gasteiger partial charge in [0, 0.05) is 36.8 Å². The van der Waals surface area contributed by atoms with Crippen molar-refractivity contribution >= 4 is 40.8 Å². The van der Waals surface area contributed by atoms with Gasteiger partial charge in [-0.05, 0) is 30.3 Å². The summed E-state index contributed by atoms with van der Waals surface area (Å²) in [6.07, 6.45) is 4.57. The minimum atomic E-state index is -0.639. The van der Waals surface area contributed by atoms with Crippen molar-refractivity contribution in [2.45, 2.75) is 0 Å². The van der Waals surface area contributed by atoms with E-state index in [0.717, 1.165) is 0 Å². The summed E-state index contributed by atoms with van der Waals surface area (Å²) in [5.41, 5.74) is 10.6. The van der Waals surface area contributed by atoms with Crippen LogP contribution in [0.25, 0.3) is 5.70 Å². The lowest BCUT2D eigenvalue weighted by atomic mass is 10.1. The van der Waals surface area contributed by atoms with E-state index < -0.39 is 11.9 Å². The average molecular weight is 465 g/mol. The van der Waals surface area contributed by atoms with E-state index >= 15 is 0 Å². The van der Waals surface area contributed by atoms with Crippen molar-refractivity contribution in [1.82, 2.24) is 15.4 Å². The fourth-order valence-corrected chi connectivity index (χ4v) is 3.04. The van der Waals surface area contributed by atoms with Crippen LogP contribution in [0.5, 0.6) is 5.75 Å². The van der Waals surface area contributed by atoms with Crippen LogP contribution in [0.4, 0.5) is 27.4 Å². The lowest BCUT2D eigenvalue weighted by Gasteiger charge is -2.18. The topological polar surface area (TPSA) is 136 Å². The molecular weight excluding hydrogens is 441 g/mol. The number of carbonyl (C=O) groups excluding carboxylic acids is 1. The number of pyridine rings is 2. The molecular formula is C23H24FN7O3. The first kappa shape index (κ1) is 24.1. The molecule has 3 aromatic rings. The molecule has 0 saturated heterocycles. The number of nitrogens with two attached hydrogens (primary N) is 1. The van der Waals surface area contributed by atoms with Gasteiger partial charge < -0.3 is 21.1 Å². The zero-order valence-electron chi connectivity index (χ0n) is 18.8. The van der Waals surface area contributed by atoms with E-state index in [2.05, 4.69) is 31.1 Å². The number of hydrogen-bond acceptors (Lipinski definition) is 9. The van der Waals surface area contributed by atoms with Gasteiger partial charge in [0.2, 0.25) is 5.95 Å². The van der Waals surface area contributed by atoms with Gasteiger partial charge in [-0.25, -0.2) is 15.4 Å². The molecule has 2 aromatic heterocycles. The zero-order valence-corrected chi connectivity index (χ0v) is 18.8. The lowest BCUT2D eigenvalue weighted by Crippen LogP contribution is -2.23. The number of hydrogen-bond donors (Lipinski definition) is 4. The molecule has 176 valence electrons. The van der Waals surface area contributed by atoms with Crippen LogP contribution in [0.15, 0.2) is 59.7 Å². The monoisotopic (exact) mass is 465 g/mol. The molecule has 0 atom stereocenters. The lowest BCUT2D eigenvalue weighted by molar-refractivity contribution is 0.0538. The molecule has 10 nitrogen and oxygen atoms in total. The SMILES string of the molecule is CN=CC=C(N)c1cccc(Nc2cc(Nc3cccc(F)n3)ncc2C(=O)NOC)c1OC. The number of anilines is 4. The summed E-state index contributed by atoms with van der Waals surface area (Å²) in [4.78, 5) is 29.2. The largest absolute Gasteiger partial charge is 0.494 e. The van der Waals surface area contributed by atoms with E-state index in [1.807, 2.05) is 0 Å². The summed E-state index contributed by atoms with van der Waals surface area (Å²) in [7, 11) is 4.48. The van der Waals surface area contributed by atoms with Crippen molar-refractivity contribution in [3.63, 3.8) is 0 Å². The van der Waals surface area contributed by atoms with Crippen LogP contribution in [0.2, 0.25) is 0 Å². The number of methoxy groups -OCH3 is 1. The van der Waals surface area contributed by atoms with E-state index in [1.165, 1.54) is 32.5 Å². The molecule has 0 fully saturated rings. The van der Waals surface area contributed by atoms with Crippen LogP contribution in [-0.2, 0) is 4.84 Å². The number of amides is 1. The first-order valence-corrected chi connectivity index (χ1v) is 10.0. The number of rotatable bonds is 9. The van der Waals surface area contributed by atoms with E-state index in [9.17, 15) is 9.18 Å². The molecule has 11 heteroatoms. The number of carbonyl (C=O) groups is 1. The predicted octanol–water partition coefficient (Wildman–Crippen LogP) is 3.40. The molecule has 34 heavy (non-hydrogen) atoms. The van der Waals surface area contributed by atoms with Crippen LogP contribution < -0.4 is 26.6 Å². The number of aliphatic imine (C=N–C) groups is 1. The second-order valence-corrected chi connectivity index (χ2v) is 6.76. The summed E-state index contributed by atoms with van der Waals surface area (Å²) in [5, 5.41) is 6.10. The fraction of sp³-hybridized carbons (Fsp3) is 0.130. The quantitative estimate of drug-likeness (QED) is 0.214. The summed E-state index contributed by atoms with van der Waals surface area (Å²) < 4.78 is 19.1. The molecule has 0 unspecified atom stereocenters. The van der Waals surface area contributed by atoms with Gasteiger partial charge in [-0.2, -0.15) is 4.39 Å². The molecule has 5 N–H and O–H groups in total. The van der Waals surface area contributed by atoms with Gasteiger partial charge in [-0.15, -0.1) is 0 Å². The molecule has 0 bridgehead atoms. The van der Waals surface area contributed by atoms with Crippen molar-refractivity contribution in [2.75, 3.05) is 31.9 Å². The van der Waals surface area contributed by atoms with E-state index in [-0.39, 0.29) is 11.4 Å². The third-order valence-corrected chi connectivity index (χ3v) is 4.52. The third kappa shape index (κ3) is 5.84. The number of ether oxygens (including phenoxy) is 1. The Labute approximate surface area is 195 Å². The molecule has 0 saturated carbocycles. The summed E-state index contributed by atoms with van der Waals surface area (Å²) in [5.74, 6) is -0.135. The number of halogens is 1. The number of allylic oxidation sites excluding steroid dienone is 1. The maximum Gasteiger partial charge on any atom is 0.278 e. The van der Waals surface area contributed by atoms with Crippen molar-refractivity contribution in [3.05, 3.63) is 71.8 Å². The molecule has 3 rings (SSSR count). The maximum atomic E-state index is 13.5. The minimum absolute atomic E-state index is 0.189. The summed E-state index contributed by atoms with van der Waals surface area (Å²) >= 11 is 0. The highest BCUT2D eigenvalue weighted by Crippen LogP contribution is 2.35. The zero-order chi connectivity index (χ0) is 24.5. The van der Waals surface area contributed by atoms with Gasteiger partial charge >= 0.3 is 0 Å². The minimum Gasteiger partial charge on any atom is -0.494 e. The highest BCUT2D eigenvalue weighted by Gasteiger charge is 2.17. The molecule has 1 amide bonds. The van der Waals surface area contributed by atoms with E-state index in [1.54, 1.807) is 49.7 Å². The Morgan fingerprint density at radius 2 is 1.88 bits per heavy atom. The first-order valence-electron chi connectivity index (χ1n) is 10.0. The Bertz CT molecular complexity index is 1230. The van der Waals surface area contributed by atoms with Gasteiger partial charge in [0.05, 0.1) is 31.2 Å². The number of para-hydroxylation sites is 1. The number of nitrogens with zero attached hydrogens (tertiary/aromatic N) is 3. The first-order chi connectivity index (χ1) is 16.5. The van der Waals surface area contributed by atoms with Crippen molar-refractivity contribution in [3.8, 4) is 5.75 Å². The Morgan fingerprint density at radius 1 is 1.09 bits per heavy atom. The van der Waals surface area contributed by atoms with Gasteiger partial charge in [-0.1, -0.05) is 12.1 Å². The average Bonchev–Trinajstić information content (AvgIpc) is 2.82. The van der Waals surface area contributed by atoms with Crippen LogP contribution in [0.1, 0.15) is 15.9 Å². The van der Waals surface area contributed by atoms with Crippen molar-refractivity contribution in [2.24, 2.45) is 10.7 Å². The maximum absolute atomic E-state index is 13.5. The van der Waals surface area contributed by atoms with Gasteiger partial charge in [0.25, 0.3) is 5.91 Å². The Morgan fingerprint density at radius 3 is 2.59 bits per heavy atom. The molecule has 0 aliphatic carbocycles. The van der Waals surface area contributed by atoms with Gasteiger partial charge in [0.1, 0.15) is 11.6 Å². The highest BCUT2D eigenvalue weighted by molar-refractivity contribution is 6.00. The van der Waals surface area contributed by atoms with E-state index in [0.29, 0.717) is 34.2 Å². The van der Waals surface area contributed by atoms with Crippen molar-refractivity contribution < 1.29 is 18.8 Å². The number of hydroxylamine groups is 1. The molecule has 0 aliphatic rings. The number of nitrogens with one attached hydrogen (secondary N) is 3. The molecule has 0 radical (unpaired) electrons. The third-order valence-electron chi connectivity index (χ3n) is 4.52. The normalized spacial score (nSPS) is 11.4. The molecule has 0 aliphatic heterocycles. The Hall–Kier alpha value is -4.51. The van der Waals surface area contributed by atoms with Crippen LogP contribution in [0.3, 0.4) is 0 Å². The molecule has 0 spiro atoms. The van der Waals surface area contributed by atoms with Crippen LogP contribution in [-0.4, -0.2) is 43.4 Å². The Balaban J connectivity index is 2.04. The molecule has 2 heterocycles. The fourth-order valence-electron chi connectivity index (χ4n) is 3.04. The smallest absolute Gasteiger partial charge is 0.278 e. The van der Waals surface area contributed by atoms with Crippen molar-refractivity contribution in [1.29, 1.82) is 0 Å². The number of aromatic nitrogens is 2. The van der Waals surface area contributed by atoms with E-state index in [4.69, 9.17) is 15.3 Å². The van der Waals surface area contributed by atoms with Gasteiger partial charge in [-0.3, -0.25) is 14.6 Å². The second-order valence-electron chi connectivity index (χ2n) is 6.76.